The average molecular weight is 122 g/mol. The first-order valence-electron chi connectivity index (χ1n) is 0.756. The molecule has 0 bridgehead atoms. The van der Waals surface area contributed by atoms with Gasteiger partial charge in [0, 0.05) is 0 Å². The van der Waals surface area contributed by atoms with Gasteiger partial charge in [0.2, 0.25) is 0 Å². The summed E-state index contributed by atoms with van der Waals surface area (Å²) >= 11 is 7.92. The van der Waals surface area contributed by atoms with Crippen LogP contribution in [0.3, 0.4) is 0 Å². The molecule has 4 heteroatoms. The minimum Gasteiger partial charge on any atom is -0.172 e. The second-order valence-corrected chi connectivity index (χ2v) is 1.57. The second kappa shape index (κ2) is 1.27. The first kappa shape index (κ1) is 5.44. The molecule has 0 aromatic carbocycles. The van der Waals surface area contributed by atoms with Crippen LogP contribution < -0.4 is 0 Å². The highest BCUT2D eigenvalue weighted by Gasteiger charge is 2.17. The Hall–Kier alpha value is 0.440. The number of alkyl halides is 4. The van der Waals surface area contributed by atoms with Gasteiger partial charge in [-0.3, -0.25) is 0 Å². The molecule has 0 amide bonds. The van der Waals surface area contributed by atoms with Gasteiger partial charge in [-0.1, -0.05) is 0 Å². The van der Waals surface area contributed by atoms with E-state index in [2.05, 4.69) is 23.2 Å². The Morgan fingerprint density at radius 3 is 1.60 bits per heavy atom. The van der Waals surface area contributed by atoms with Crippen molar-refractivity contribution in [2.24, 2.45) is 0 Å². The summed E-state index contributed by atoms with van der Waals surface area (Å²) in [6.07, 6.45) is 0. The van der Waals surface area contributed by atoms with Crippen molar-refractivity contribution in [2.45, 2.75) is 4.84 Å². The molecule has 0 saturated carbocycles. The van der Waals surface area contributed by atoms with E-state index in [1.165, 1.54) is 0 Å². The Balaban J connectivity index is 3.02. The molecule has 0 aromatic heterocycles. The van der Waals surface area contributed by atoms with Gasteiger partial charge in [-0.05, 0) is 23.2 Å². The standard InChI is InChI=1S/CCl2F2/c2-1(3,4)5/i2+0,3+2. The normalized spacial score (nSPS) is 12.0. The molecule has 0 spiro atoms. The molecule has 0 atom stereocenters. The lowest BCUT2D eigenvalue weighted by Gasteiger charge is -1.87. The first-order valence-corrected chi connectivity index (χ1v) is 1.51. The van der Waals surface area contributed by atoms with Crippen molar-refractivity contribution in [1.29, 1.82) is 0 Å². The third-order valence-electron chi connectivity index (χ3n) is 0. The van der Waals surface area contributed by atoms with Crippen LogP contribution in [0.15, 0.2) is 0 Å². The molecule has 0 aliphatic rings. The minimum atomic E-state index is -3.56. The molecule has 0 nitrogen and oxygen atoms in total. The van der Waals surface area contributed by atoms with Crippen LogP contribution in [-0.2, 0) is 0 Å². The van der Waals surface area contributed by atoms with E-state index in [1.54, 1.807) is 0 Å². The van der Waals surface area contributed by atoms with Crippen molar-refractivity contribution < 1.29 is 8.78 Å². The third-order valence-corrected chi connectivity index (χ3v) is 0. The monoisotopic (exact) mass is 122 g/mol. The molecule has 5 heavy (non-hydrogen) atoms. The third kappa shape index (κ3) is 137. The lowest BCUT2D eigenvalue weighted by Crippen LogP contribution is -1.86. The van der Waals surface area contributed by atoms with Crippen molar-refractivity contribution >= 4 is 23.2 Å². The van der Waals surface area contributed by atoms with E-state index in [1.807, 2.05) is 0 Å². The summed E-state index contributed by atoms with van der Waals surface area (Å²) in [5, 5.41) is 0. The molecule has 0 radical (unpaired) electrons. The Labute approximate surface area is 37.7 Å². The topological polar surface area (TPSA) is 0 Å². The molecule has 0 aromatic rings. The fraction of sp³-hybridized carbons (Fsp3) is 1.00. The maximum atomic E-state index is 10.6. The van der Waals surface area contributed by atoms with Crippen LogP contribution in [0.4, 0.5) is 8.78 Å². The van der Waals surface area contributed by atoms with E-state index < -0.39 is 4.84 Å². The van der Waals surface area contributed by atoms with Gasteiger partial charge >= 0.3 is 4.84 Å². The summed E-state index contributed by atoms with van der Waals surface area (Å²) in [5.74, 6) is 0. The van der Waals surface area contributed by atoms with Crippen LogP contribution in [0, 0.1) is 0 Å². The number of rotatable bonds is 0. The Bertz CT molecular complexity index is 23.1. The van der Waals surface area contributed by atoms with E-state index >= 15 is 0 Å². The van der Waals surface area contributed by atoms with Gasteiger partial charge in [0.05, 0.1) is 0 Å². The van der Waals surface area contributed by atoms with Gasteiger partial charge in [-0.2, -0.15) is 8.78 Å². The van der Waals surface area contributed by atoms with Crippen molar-refractivity contribution in [3.8, 4) is 0 Å². The summed E-state index contributed by atoms with van der Waals surface area (Å²) in [4.78, 5) is -3.56. The van der Waals surface area contributed by atoms with E-state index in [9.17, 15) is 8.78 Å². The zero-order valence-corrected chi connectivity index (χ0v) is 3.52. The molecule has 0 heterocycles. The van der Waals surface area contributed by atoms with Gasteiger partial charge in [-0.25, -0.2) is 0 Å². The molecule has 0 unspecified atom stereocenters. The molecule has 0 N–H and O–H groups in total. The predicted molar refractivity (Wildman–Crippen MR) is 16.7 cm³/mol. The van der Waals surface area contributed by atoms with Crippen LogP contribution >= 0.6 is 23.2 Å². The van der Waals surface area contributed by atoms with Gasteiger partial charge in [0.15, 0.2) is 0 Å². The molecule has 0 rings (SSSR count). The highest BCUT2D eigenvalue weighted by Crippen LogP contribution is 2.22. The van der Waals surface area contributed by atoms with E-state index in [4.69, 9.17) is 0 Å². The number of halogens is 4. The number of hydrogen-bond acceptors (Lipinski definition) is 0. The summed E-state index contributed by atoms with van der Waals surface area (Å²) in [6, 6.07) is 0. The predicted octanol–water partition coefficient (Wildman–Crippen LogP) is 2.01. The molecular weight excluding hydrogens is 122 g/mol. The van der Waals surface area contributed by atoms with Crippen molar-refractivity contribution in [2.75, 3.05) is 0 Å². The molecule has 0 fully saturated rings. The van der Waals surface area contributed by atoms with Crippen molar-refractivity contribution in [1.82, 2.24) is 0 Å². The lowest BCUT2D eigenvalue weighted by molar-refractivity contribution is 0.194. The highest BCUT2D eigenvalue weighted by atomic mass is 37.0. The fourth-order valence-corrected chi connectivity index (χ4v) is 0. The fourth-order valence-electron chi connectivity index (χ4n) is 0. The quantitative estimate of drug-likeness (QED) is 0.431. The maximum Gasteiger partial charge on any atom is 0.401 e. The zero-order valence-electron chi connectivity index (χ0n) is 2.01. The highest BCUT2D eigenvalue weighted by molar-refractivity contribution is 6.45. The minimum absolute atomic E-state index is 3.56. The molecule has 0 aliphatic heterocycles. The van der Waals surface area contributed by atoms with Gasteiger partial charge in [0.25, 0.3) is 0 Å². The van der Waals surface area contributed by atoms with Crippen molar-refractivity contribution in [3.05, 3.63) is 0 Å². The lowest BCUT2D eigenvalue weighted by atomic mass is 11.7. The maximum absolute atomic E-state index is 10.6. The average Bonchev–Trinajstić information content (AvgIpc) is 0.722. The van der Waals surface area contributed by atoms with Crippen LogP contribution in [0.1, 0.15) is 0 Å². The summed E-state index contributed by atoms with van der Waals surface area (Å²) in [6.45, 7) is 0. The van der Waals surface area contributed by atoms with E-state index in [0.717, 1.165) is 0 Å². The van der Waals surface area contributed by atoms with Crippen LogP contribution in [0.25, 0.3) is 0 Å². The number of hydrogen-bond donors (Lipinski definition) is 0. The van der Waals surface area contributed by atoms with Crippen LogP contribution in [-0.4, -0.2) is 4.84 Å². The Morgan fingerprint density at radius 1 is 1.60 bits per heavy atom. The van der Waals surface area contributed by atoms with Gasteiger partial charge < -0.3 is 0 Å². The van der Waals surface area contributed by atoms with Gasteiger partial charge in [-0.15, -0.1) is 0 Å². The molecule has 0 aliphatic carbocycles. The Kier molecular flexibility index (Phi) is 1.38. The molecule has 0 saturated heterocycles. The van der Waals surface area contributed by atoms with E-state index in [0.29, 0.717) is 0 Å². The van der Waals surface area contributed by atoms with E-state index in [-0.39, 0.29) is 0 Å². The zero-order chi connectivity index (χ0) is 4.50. The summed E-state index contributed by atoms with van der Waals surface area (Å²) in [7, 11) is 0. The van der Waals surface area contributed by atoms with Gasteiger partial charge in [0.1, 0.15) is 0 Å². The van der Waals surface area contributed by atoms with Crippen LogP contribution in [0.2, 0.25) is 0 Å². The van der Waals surface area contributed by atoms with Crippen molar-refractivity contribution in [3.63, 3.8) is 0 Å². The first-order chi connectivity index (χ1) is 2.00. The largest absolute Gasteiger partial charge is 0.401 e. The summed E-state index contributed by atoms with van der Waals surface area (Å²) < 4.78 is 21.1. The summed E-state index contributed by atoms with van der Waals surface area (Å²) in [5.41, 5.74) is 0. The Morgan fingerprint density at radius 2 is 1.60 bits per heavy atom. The molecule has 32 valence electrons. The second-order valence-electron chi connectivity index (χ2n) is 0.429. The smallest absolute Gasteiger partial charge is 0.172 e. The van der Waals surface area contributed by atoms with Crippen LogP contribution in [0.5, 0.6) is 0 Å². The SMILES string of the molecule is FC(F)([35Cl])[37Cl]. The molecular formula is CCl2F2.